The summed E-state index contributed by atoms with van der Waals surface area (Å²) in [5, 5.41) is 3.36. The second-order valence-corrected chi connectivity index (χ2v) is 5.96. The van der Waals surface area contributed by atoms with Gasteiger partial charge in [0.15, 0.2) is 0 Å². The lowest BCUT2D eigenvalue weighted by molar-refractivity contribution is -0.274. The second kappa shape index (κ2) is 6.24. The van der Waals surface area contributed by atoms with Gasteiger partial charge in [-0.3, -0.25) is 0 Å². The van der Waals surface area contributed by atoms with Crippen LogP contribution in [0.15, 0.2) is 48.5 Å². The average Bonchev–Trinajstić information content (AvgIpc) is 2.60. The first-order valence-electron chi connectivity index (χ1n) is 7.96. The Kier molecular flexibility index (Phi) is 4.05. The highest BCUT2D eigenvalue weighted by molar-refractivity contribution is 5.60. The van der Waals surface area contributed by atoms with Crippen LogP contribution in [0.4, 0.5) is 18.9 Å². The highest BCUT2D eigenvalue weighted by Crippen LogP contribution is 2.45. The third-order valence-electron chi connectivity index (χ3n) is 4.35. The van der Waals surface area contributed by atoms with Crippen LogP contribution in [-0.4, -0.2) is 25.7 Å². The van der Waals surface area contributed by atoms with E-state index in [0.717, 1.165) is 11.3 Å². The molecule has 3 unspecified atom stereocenters. The van der Waals surface area contributed by atoms with E-state index in [-0.39, 0.29) is 17.9 Å². The summed E-state index contributed by atoms with van der Waals surface area (Å²) in [5.74, 6) is -0.265. The molecule has 25 heavy (non-hydrogen) atoms. The molecule has 1 fully saturated rings. The van der Waals surface area contributed by atoms with E-state index in [1.54, 1.807) is 6.07 Å². The third-order valence-corrected chi connectivity index (χ3v) is 4.35. The molecule has 0 aliphatic carbocycles. The number of benzene rings is 2. The van der Waals surface area contributed by atoms with Crippen molar-refractivity contribution in [2.45, 2.75) is 24.6 Å². The monoisotopic (exact) mass is 351 g/mol. The SMILES string of the molecule is FC(F)(F)Oc1ccc2c(c1)C1OCCOC1C(c1ccccc1)N2. The second-order valence-electron chi connectivity index (χ2n) is 5.96. The predicted octanol–water partition coefficient (Wildman–Crippen LogP) is 4.21. The summed E-state index contributed by atoms with van der Waals surface area (Å²) >= 11 is 0. The number of alkyl halides is 3. The Morgan fingerprint density at radius 1 is 1.00 bits per heavy atom. The third kappa shape index (κ3) is 3.29. The average molecular weight is 351 g/mol. The number of fused-ring (bicyclic) bond motifs is 3. The van der Waals surface area contributed by atoms with Gasteiger partial charge in [0, 0.05) is 11.3 Å². The lowest BCUT2D eigenvalue weighted by atomic mass is 9.87. The van der Waals surface area contributed by atoms with Crippen LogP contribution >= 0.6 is 0 Å². The zero-order chi connectivity index (χ0) is 17.4. The molecule has 3 atom stereocenters. The van der Waals surface area contributed by atoms with Gasteiger partial charge in [0.05, 0.1) is 19.3 Å². The van der Waals surface area contributed by atoms with Gasteiger partial charge in [-0.1, -0.05) is 30.3 Å². The van der Waals surface area contributed by atoms with E-state index in [9.17, 15) is 13.2 Å². The summed E-state index contributed by atoms with van der Waals surface area (Å²) in [6.45, 7) is 0.840. The summed E-state index contributed by atoms with van der Waals surface area (Å²) in [5.41, 5.74) is 2.36. The number of nitrogens with one attached hydrogen (secondary N) is 1. The molecule has 2 heterocycles. The van der Waals surface area contributed by atoms with Gasteiger partial charge < -0.3 is 19.5 Å². The highest BCUT2D eigenvalue weighted by atomic mass is 19.4. The van der Waals surface area contributed by atoms with Crippen LogP contribution in [0.2, 0.25) is 0 Å². The number of hydrogen-bond donors (Lipinski definition) is 1. The van der Waals surface area contributed by atoms with Crippen molar-refractivity contribution in [2.24, 2.45) is 0 Å². The van der Waals surface area contributed by atoms with Gasteiger partial charge in [-0.25, -0.2) is 0 Å². The topological polar surface area (TPSA) is 39.7 Å². The van der Waals surface area contributed by atoms with Gasteiger partial charge in [0.1, 0.15) is 18.0 Å². The van der Waals surface area contributed by atoms with Gasteiger partial charge in [-0.05, 0) is 23.8 Å². The number of anilines is 1. The molecular formula is C18H16F3NO3. The number of halogens is 3. The Hall–Kier alpha value is -2.25. The molecule has 2 aromatic rings. The molecule has 0 saturated carbocycles. The van der Waals surface area contributed by atoms with E-state index in [2.05, 4.69) is 10.1 Å². The fourth-order valence-electron chi connectivity index (χ4n) is 3.37. The fourth-order valence-corrected chi connectivity index (χ4v) is 3.37. The van der Waals surface area contributed by atoms with E-state index in [1.807, 2.05) is 30.3 Å². The number of ether oxygens (including phenoxy) is 3. The lowest BCUT2D eigenvalue weighted by Gasteiger charge is -2.43. The molecular weight excluding hydrogens is 335 g/mol. The van der Waals surface area contributed by atoms with E-state index in [4.69, 9.17) is 9.47 Å². The number of hydrogen-bond acceptors (Lipinski definition) is 4. The van der Waals surface area contributed by atoms with Crippen LogP contribution in [0, 0.1) is 0 Å². The van der Waals surface area contributed by atoms with Crippen LogP contribution in [0.5, 0.6) is 5.75 Å². The molecule has 2 aliphatic rings. The Morgan fingerprint density at radius 3 is 2.52 bits per heavy atom. The quantitative estimate of drug-likeness (QED) is 0.880. The predicted molar refractivity (Wildman–Crippen MR) is 84.4 cm³/mol. The minimum atomic E-state index is -4.73. The summed E-state index contributed by atoms with van der Waals surface area (Å²) in [6.07, 6.45) is -5.51. The van der Waals surface area contributed by atoms with E-state index in [1.165, 1.54) is 12.1 Å². The fraction of sp³-hybridized carbons (Fsp3) is 0.333. The first-order chi connectivity index (χ1) is 12.0. The summed E-state index contributed by atoms with van der Waals surface area (Å²) < 4.78 is 53.3. The Morgan fingerprint density at radius 2 is 1.76 bits per heavy atom. The van der Waals surface area contributed by atoms with Crippen LogP contribution in [0.3, 0.4) is 0 Å². The van der Waals surface area contributed by atoms with Gasteiger partial charge in [-0.15, -0.1) is 13.2 Å². The minimum absolute atomic E-state index is 0.145. The Balaban J connectivity index is 1.71. The molecule has 1 saturated heterocycles. The molecule has 0 amide bonds. The first-order valence-corrected chi connectivity index (χ1v) is 7.96. The van der Waals surface area contributed by atoms with Crippen molar-refractivity contribution in [2.75, 3.05) is 18.5 Å². The number of rotatable bonds is 2. The summed E-state index contributed by atoms with van der Waals surface area (Å²) in [4.78, 5) is 0. The molecule has 1 N–H and O–H groups in total. The molecule has 0 bridgehead atoms. The molecule has 2 aliphatic heterocycles. The normalized spacial score (nSPS) is 25.5. The van der Waals surface area contributed by atoms with Crippen LogP contribution in [-0.2, 0) is 9.47 Å². The van der Waals surface area contributed by atoms with E-state index < -0.39 is 12.5 Å². The summed E-state index contributed by atoms with van der Waals surface area (Å²) in [7, 11) is 0. The first kappa shape index (κ1) is 16.2. The lowest BCUT2D eigenvalue weighted by Crippen LogP contribution is -2.43. The molecule has 0 spiro atoms. The van der Waals surface area contributed by atoms with Crippen molar-refractivity contribution >= 4 is 5.69 Å². The zero-order valence-corrected chi connectivity index (χ0v) is 13.1. The maximum absolute atomic E-state index is 12.5. The van der Waals surface area contributed by atoms with E-state index >= 15 is 0 Å². The molecule has 132 valence electrons. The molecule has 0 aromatic heterocycles. The van der Waals surface area contributed by atoms with Crippen LogP contribution in [0.25, 0.3) is 0 Å². The summed E-state index contributed by atoms with van der Waals surface area (Å²) in [6, 6.07) is 13.9. The van der Waals surface area contributed by atoms with Gasteiger partial charge in [0.25, 0.3) is 0 Å². The van der Waals surface area contributed by atoms with Crippen LogP contribution in [0.1, 0.15) is 23.3 Å². The molecule has 0 radical (unpaired) electrons. The zero-order valence-electron chi connectivity index (χ0n) is 13.1. The maximum Gasteiger partial charge on any atom is 0.573 e. The van der Waals surface area contributed by atoms with Crippen molar-refractivity contribution in [1.82, 2.24) is 0 Å². The van der Waals surface area contributed by atoms with Crippen molar-refractivity contribution < 1.29 is 27.4 Å². The van der Waals surface area contributed by atoms with Crippen molar-refractivity contribution in [3.05, 3.63) is 59.7 Å². The van der Waals surface area contributed by atoms with Gasteiger partial charge in [-0.2, -0.15) is 0 Å². The molecule has 4 nitrogen and oxygen atoms in total. The highest BCUT2D eigenvalue weighted by Gasteiger charge is 2.41. The van der Waals surface area contributed by atoms with Gasteiger partial charge in [0.2, 0.25) is 0 Å². The Bertz CT molecular complexity index is 751. The van der Waals surface area contributed by atoms with Crippen molar-refractivity contribution in [3.8, 4) is 5.75 Å². The standard InChI is InChI=1S/C18H16F3NO3/c19-18(20,21)25-12-6-7-14-13(10-12)16-17(24-9-8-23-16)15(22-14)11-4-2-1-3-5-11/h1-7,10,15-17,22H,8-9H2. The Labute approximate surface area is 142 Å². The largest absolute Gasteiger partial charge is 0.573 e. The van der Waals surface area contributed by atoms with Crippen molar-refractivity contribution in [1.29, 1.82) is 0 Å². The van der Waals surface area contributed by atoms with E-state index in [0.29, 0.717) is 18.8 Å². The van der Waals surface area contributed by atoms with Gasteiger partial charge >= 0.3 is 6.36 Å². The van der Waals surface area contributed by atoms with Crippen molar-refractivity contribution in [3.63, 3.8) is 0 Å². The molecule has 7 heteroatoms. The minimum Gasteiger partial charge on any atom is -0.406 e. The van der Waals surface area contributed by atoms with Crippen LogP contribution < -0.4 is 10.1 Å². The smallest absolute Gasteiger partial charge is 0.406 e. The molecule has 4 rings (SSSR count). The molecule has 2 aromatic carbocycles. The maximum atomic E-state index is 12.5.